The van der Waals surface area contributed by atoms with E-state index in [-0.39, 0.29) is 34.7 Å². The van der Waals surface area contributed by atoms with Gasteiger partial charge in [0.2, 0.25) is 11.8 Å². The molecular weight excluding hydrogens is 357 g/mol. The van der Waals surface area contributed by atoms with Crippen molar-refractivity contribution in [3.8, 4) is 0 Å². The Hall–Kier alpha value is -2.53. The SMILES string of the molecule is O=C1CC2c3ccccc3C1C1C(=O)N(c3ccc(Cl)c(F)c3)C(=O)C21. The minimum atomic E-state index is -0.706. The monoisotopic (exact) mass is 369 g/mol. The highest BCUT2D eigenvalue weighted by Crippen LogP contribution is 2.57. The lowest BCUT2D eigenvalue weighted by Crippen LogP contribution is -2.44. The number of carbonyl (C=O) groups is 3. The second-order valence-corrected chi connectivity index (χ2v) is 7.45. The van der Waals surface area contributed by atoms with Crippen molar-refractivity contribution in [1.29, 1.82) is 0 Å². The average molecular weight is 370 g/mol. The Labute approximate surface area is 153 Å². The second kappa shape index (κ2) is 5.24. The van der Waals surface area contributed by atoms with E-state index in [9.17, 15) is 18.8 Å². The summed E-state index contributed by atoms with van der Waals surface area (Å²) in [5.74, 6) is -3.66. The number of halogens is 2. The van der Waals surface area contributed by atoms with E-state index in [2.05, 4.69) is 0 Å². The van der Waals surface area contributed by atoms with Crippen LogP contribution in [0.3, 0.4) is 0 Å². The summed E-state index contributed by atoms with van der Waals surface area (Å²) in [4.78, 5) is 39.8. The molecule has 0 spiro atoms. The Morgan fingerprint density at radius 1 is 0.962 bits per heavy atom. The number of benzene rings is 2. The number of ketones is 1. The van der Waals surface area contributed by atoms with Gasteiger partial charge in [-0.3, -0.25) is 14.4 Å². The molecule has 2 amide bonds. The van der Waals surface area contributed by atoms with Crippen LogP contribution in [0.1, 0.15) is 29.4 Å². The van der Waals surface area contributed by atoms with Gasteiger partial charge in [0.25, 0.3) is 0 Å². The number of rotatable bonds is 1. The van der Waals surface area contributed by atoms with Crippen molar-refractivity contribution in [1.82, 2.24) is 0 Å². The van der Waals surface area contributed by atoms with E-state index < -0.39 is 29.5 Å². The number of carbonyl (C=O) groups excluding carboxylic acids is 3. The first-order valence-electron chi connectivity index (χ1n) is 8.43. The van der Waals surface area contributed by atoms with E-state index in [1.165, 1.54) is 12.1 Å². The van der Waals surface area contributed by atoms with E-state index in [1.807, 2.05) is 24.3 Å². The number of anilines is 1. The largest absolute Gasteiger partial charge is 0.299 e. The normalized spacial score (nSPS) is 29.2. The van der Waals surface area contributed by atoms with Gasteiger partial charge < -0.3 is 0 Å². The fourth-order valence-corrected chi connectivity index (χ4v) is 4.96. The Morgan fingerprint density at radius 2 is 1.65 bits per heavy atom. The number of hydrogen-bond donors (Lipinski definition) is 0. The molecule has 4 nitrogen and oxygen atoms in total. The molecule has 1 saturated carbocycles. The summed E-state index contributed by atoms with van der Waals surface area (Å²) in [6.07, 6.45) is 0.269. The molecule has 6 rings (SSSR count). The van der Waals surface area contributed by atoms with Gasteiger partial charge in [-0.2, -0.15) is 0 Å². The zero-order chi connectivity index (χ0) is 18.2. The third-order valence-corrected chi connectivity index (χ3v) is 6.16. The Balaban J connectivity index is 1.65. The van der Waals surface area contributed by atoms with Crippen LogP contribution in [0.15, 0.2) is 42.5 Å². The lowest BCUT2D eigenvalue weighted by atomic mass is 9.56. The molecule has 6 heteroatoms. The highest BCUT2D eigenvalue weighted by molar-refractivity contribution is 6.31. The van der Waals surface area contributed by atoms with Gasteiger partial charge in [0.05, 0.1) is 28.5 Å². The van der Waals surface area contributed by atoms with Crippen LogP contribution in [-0.2, 0) is 14.4 Å². The van der Waals surface area contributed by atoms with Gasteiger partial charge >= 0.3 is 0 Å². The number of imide groups is 1. The predicted octanol–water partition coefficient (Wildman–Crippen LogP) is 3.44. The standard InChI is InChI=1S/C20H13ClFNO3/c21-13-6-5-9(7-14(13)22)23-19(25)17-12-8-15(24)16(18(17)20(23)26)11-4-2-1-3-10(11)12/h1-7,12,16-18H,8H2. The maximum absolute atomic E-state index is 13.9. The van der Waals surface area contributed by atoms with Crippen molar-refractivity contribution < 1.29 is 18.8 Å². The zero-order valence-corrected chi connectivity index (χ0v) is 14.2. The fourth-order valence-electron chi connectivity index (χ4n) is 4.84. The minimum Gasteiger partial charge on any atom is -0.299 e. The number of nitrogens with zero attached hydrogens (tertiary/aromatic N) is 1. The van der Waals surface area contributed by atoms with Crippen molar-refractivity contribution >= 4 is 34.9 Å². The van der Waals surface area contributed by atoms with Crippen molar-refractivity contribution in [2.24, 2.45) is 11.8 Å². The summed E-state index contributed by atoms with van der Waals surface area (Å²) < 4.78 is 13.9. The van der Waals surface area contributed by atoms with Gasteiger partial charge in [0.15, 0.2) is 0 Å². The molecule has 2 aromatic carbocycles. The van der Waals surface area contributed by atoms with Gasteiger partial charge in [0.1, 0.15) is 11.6 Å². The maximum atomic E-state index is 13.9. The first-order chi connectivity index (χ1) is 12.5. The van der Waals surface area contributed by atoms with E-state index in [1.54, 1.807) is 0 Å². The third-order valence-electron chi connectivity index (χ3n) is 5.85. The summed E-state index contributed by atoms with van der Waals surface area (Å²) in [5.41, 5.74) is 1.98. The zero-order valence-electron chi connectivity index (χ0n) is 13.5. The van der Waals surface area contributed by atoms with Gasteiger partial charge in [-0.15, -0.1) is 0 Å². The Bertz CT molecular complexity index is 1000. The smallest absolute Gasteiger partial charge is 0.238 e. The molecule has 1 heterocycles. The molecule has 4 unspecified atom stereocenters. The predicted molar refractivity (Wildman–Crippen MR) is 92.4 cm³/mol. The molecule has 2 fully saturated rings. The molecule has 4 aliphatic rings. The first-order valence-corrected chi connectivity index (χ1v) is 8.81. The molecule has 2 aromatic rings. The summed E-state index contributed by atoms with van der Waals surface area (Å²) in [6.45, 7) is 0. The van der Waals surface area contributed by atoms with Crippen LogP contribution >= 0.6 is 11.6 Å². The highest BCUT2D eigenvalue weighted by Gasteiger charge is 2.62. The van der Waals surface area contributed by atoms with Gasteiger partial charge in [-0.1, -0.05) is 35.9 Å². The van der Waals surface area contributed by atoms with E-state index >= 15 is 0 Å². The quantitative estimate of drug-likeness (QED) is 0.723. The lowest BCUT2D eigenvalue weighted by molar-refractivity contribution is -0.134. The van der Waals surface area contributed by atoms with Crippen LogP contribution in [0, 0.1) is 17.7 Å². The average Bonchev–Trinajstić information content (AvgIpc) is 2.90. The summed E-state index contributed by atoms with van der Waals surface area (Å²) in [5, 5.41) is -0.0760. The number of fused-ring (bicyclic) bond motifs is 1. The molecule has 1 saturated heterocycles. The van der Waals surface area contributed by atoms with Crippen LogP contribution < -0.4 is 4.90 Å². The molecule has 1 aliphatic heterocycles. The minimum absolute atomic E-state index is 0.000219. The van der Waals surface area contributed by atoms with E-state index in [0.717, 1.165) is 22.1 Å². The molecule has 130 valence electrons. The summed E-state index contributed by atoms with van der Waals surface area (Å²) in [7, 11) is 0. The molecule has 0 radical (unpaired) electrons. The second-order valence-electron chi connectivity index (χ2n) is 7.05. The number of Topliss-reactive ketones (excluding diaryl/α,β-unsaturated/α-hetero) is 1. The van der Waals surface area contributed by atoms with Crippen LogP contribution in [0.5, 0.6) is 0 Å². The third kappa shape index (κ3) is 1.86. The van der Waals surface area contributed by atoms with Crippen LogP contribution in [-0.4, -0.2) is 17.6 Å². The fraction of sp³-hybridized carbons (Fsp3) is 0.250. The van der Waals surface area contributed by atoms with Crippen molar-refractivity contribution in [2.75, 3.05) is 4.90 Å². The molecule has 26 heavy (non-hydrogen) atoms. The number of hydrogen-bond acceptors (Lipinski definition) is 3. The van der Waals surface area contributed by atoms with Gasteiger partial charge in [0, 0.05) is 12.3 Å². The van der Waals surface area contributed by atoms with Gasteiger partial charge in [-0.25, -0.2) is 9.29 Å². The molecule has 0 aromatic heterocycles. The van der Waals surface area contributed by atoms with Crippen molar-refractivity contribution in [2.45, 2.75) is 18.3 Å². The number of amides is 2. The van der Waals surface area contributed by atoms with Crippen LogP contribution in [0.2, 0.25) is 5.02 Å². The van der Waals surface area contributed by atoms with E-state index in [4.69, 9.17) is 11.6 Å². The van der Waals surface area contributed by atoms with Gasteiger partial charge in [-0.05, 0) is 29.3 Å². The van der Waals surface area contributed by atoms with Crippen LogP contribution in [0.4, 0.5) is 10.1 Å². The maximum Gasteiger partial charge on any atom is 0.238 e. The Morgan fingerprint density at radius 3 is 2.38 bits per heavy atom. The van der Waals surface area contributed by atoms with Crippen LogP contribution in [0.25, 0.3) is 0 Å². The Kier molecular flexibility index (Phi) is 3.16. The molecule has 2 bridgehead atoms. The lowest BCUT2D eigenvalue weighted by Gasteiger charge is -2.43. The van der Waals surface area contributed by atoms with E-state index in [0.29, 0.717) is 0 Å². The van der Waals surface area contributed by atoms with Crippen molar-refractivity contribution in [3.05, 3.63) is 64.4 Å². The molecule has 3 aliphatic carbocycles. The highest BCUT2D eigenvalue weighted by atomic mass is 35.5. The topological polar surface area (TPSA) is 54.5 Å². The summed E-state index contributed by atoms with van der Waals surface area (Å²) >= 11 is 5.71. The molecular formula is C20H13ClFNO3. The first kappa shape index (κ1) is 15.7. The summed E-state index contributed by atoms with van der Waals surface area (Å²) in [6, 6.07) is 11.4. The van der Waals surface area contributed by atoms with Crippen molar-refractivity contribution in [3.63, 3.8) is 0 Å². The molecule has 4 atom stereocenters. The molecule has 0 N–H and O–H groups in total.